The minimum atomic E-state index is -0.770. The average molecular weight is 320 g/mol. The Kier molecular flexibility index (Phi) is 4.71. The molecule has 1 N–H and O–H groups in total. The third-order valence-corrected chi connectivity index (χ3v) is 5.33. The molecule has 0 aliphatic heterocycles. The second-order valence-electron chi connectivity index (χ2n) is 6.31. The summed E-state index contributed by atoms with van der Waals surface area (Å²) in [6.45, 7) is 1.97. The summed E-state index contributed by atoms with van der Waals surface area (Å²) in [4.78, 5) is 16.4. The number of halogens is 1. The van der Waals surface area contributed by atoms with E-state index < -0.39 is 6.17 Å². The number of nitrogens with zero attached hydrogens (tertiary/aromatic N) is 1. The molecule has 1 aromatic heterocycles. The number of nitrogens with one attached hydrogen (secondary N) is 1. The van der Waals surface area contributed by atoms with Gasteiger partial charge in [0, 0.05) is 12.1 Å². The van der Waals surface area contributed by atoms with Crippen LogP contribution in [0.3, 0.4) is 0 Å². The molecule has 5 heteroatoms. The topological polar surface area (TPSA) is 42.0 Å². The first-order valence-electron chi connectivity index (χ1n) is 7.89. The second kappa shape index (κ2) is 6.73. The lowest BCUT2D eigenvalue weighted by Gasteiger charge is -2.17. The summed E-state index contributed by atoms with van der Waals surface area (Å²) in [6.07, 6.45) is 3.06. The summed E-state index contributed by atoms with van der Waals surface area (Å²) in [5, 5.41) is 2.94. The molecule has 118 valence electrons. The van der Waals surface area contributed by atoms with Crippen LogP contribution in [0.2, 0.25) is 0 Å². The first kappa shape index (κ1) is 15.4. The van der Waals surface area contributed by atoms with E-state index in [0.29, 0.717) is 12.8 Å². The molecule has 1 heterocycles. The first-order chi connectivity index (χ1) is 10.6. The Bertz CT molecular complexity index is 657. The van der Waals surface area contributed by atoms with Gasteiger partial charge >= 0.3 is 0 Å². The number of amides is 1. The van der Waals surface area contributed by atoms with Crippen LogP contribution in [0, 0.1) is 11.8 Å². The lowest BCUT2D eigenvalue weighted by atomic mass is 9.94. The molecule has 1 saturated carbocycles. The molecule has 0 radical (unpaired) electrons. The standard InChI is InChI=1S/C17H21FN2OS/c1-11-3-2-4-12(7-14(11)18)8-17(21)20-13-5-6-15-16(9-13)22-10-19-15/h5-6,9-12,14H,2-4,7-8H2,1H3,(H,20,21). The maximum absolute atomic E-state index is 14.0. The predicted octanol–water partition coefficient (Wildman–Crippen LogP) is 4.79. The van der Waals surface area contributed by atoms with E-state index in [9.17, 15) is 9.18 Å². The Morgan fingerprint density at radius 3 is 3.18 bits per heavy atom. The maximum atomic E-state index is 14.0. The van der Waals surface area contributed by atoms with Crippen LogP contribution < -0.4 is 5.32 Å². The van der Waals surface area contributed by atoms with Crippen molar-refractivity contribution in [3.8, 4) is 0 Å². The lowest BCUT2D eigenvalue weighted by molar-refractivity contribution is -0.117. The van der Waals surface area contributed by atoms with Gasteiger partial charge < -0.3 is 5.32 Å². The van der Waals surface area contributed by atoms with Gasteiger partial charge in [-0.3, -0.25) is 4.79 Å². The van der Waals surface area contributed by atoms with Crippen LogP contribution in [0.4, 0.5) is 10.1 Å². The zero-order valence-corrected chi connectivity index (χ0v) is 13.5. The number of anilines is 1. The van der Waals surface area contributed by atoms with E-state index in [-0.39, 0.29) is 17.7 Å². The number of rotatable bonds is 3. The van der Waals surface area contributed by atoms with E-state index in [1.807, 2.05) is 25.1 Å². The van der Waals surface area contributed by atoms with Gasteiger partial charge in [-0.1, -0.05) is 13.3 Å². The number of hydrogen-bond donors (Lipinski definition) is 1. The van der Waals surface area contributed by atoms with Crippen molar-refractivity contribution >= 4 is 33.1 Å². The number of alkyl halides is 1. The fraction of sp³-hybridized carbons (Fsp3) is 0.529. The zero-order chi connectivity index (χ0) is 15.5. The molecule has 1 aliphatic carbocycles. The molecule has 1 aliphatic rings. The number of aromatic nitrogens is 1. The summed E-state index contributed by atoms with van der Waals surface area (Å²) >= 11 is 1.56. The summed E-state index contributed by atoms with van der Waals surface area (Å²) in [5.74, 6) is 0.268. The number of carbonyl (C=O) groups is 1. The summed E-state index contributed by atoms with van der Waals surface area (Å²) in [5.41, 5.74) is 3.53. The zero-order valence-electron chi connectivity index (χ0n) is 12.7. The Labute approximate surface area is 133 Å². The number of fused-ring (bicyclic) bond motifs is 1. The number of benzene rings is 1. The van der Waals surface area contributed by atoms with Gasteiger partial charge in [0.2, 0.25) is 5.91 Å². The fourth-order valence-corrected chi connectivity index (χ4v) is 3.89. The van der Waals surface area contributed by atoms with Crippen LogP contribution in [0.15, 0.2) is 23.7 Å². The van der Waals surface area contributed by atoms with Crippen LogP contribution in [-0.2, 0) is 4.79 Å². The molecule has 3 atom stereocenters. The molecule has 2 aromatic rings. The second-order valence-corrected chi connectivity index (χ2v) is 7.20. The molecule has 1 aromatic carbocycles. The Balaban J connectivity index is 1.59. The maximum Gasteiger partial charge on any atom is 0.224 e. The molecule has 0 bridgehead atoms. The first-order valence-corrected chi connectivity index (χ1v) is 8.77. The van der Waals surface area contributed by atoms with E-state index in [1.165, 1.54) is 0 Å². The van der Waals surface area contributed by atoms with E-state index >= 15 is 0 Å². The summed E-state index contributed by atoms with van der Waals surface area (Å²) in [6, 6.07) is 5.72. The predicted molar refractivity (Wildman–Crippen MR) is 88.9 cm³/mol. The lowest BCUT2D eigenvalue weighted by Crippen LogP contribution is -2.19. The van der Waals surface area contributed by atoms with Crippen molar-refractivity contribution in [2.75, 3.05) is 5.32 Å². The minimum Gasteiger partial charge on any atom is -0.326 e. The van der Waals surface area contributed by atoms with Crippen molar-refractivity contribution in [2.45, 2.75) is 45.2 Å². The van der Waals surface area contributed by atoms with Gasteiger partial charge in [-0.25, -0.2) is 9.37 Å². The van der Waals surface area contributed by atoms with Gasteiger partial charge in [-0.15, -0.1) is 11.3 Å². The number of hydrogen-bond acceptors (Lipinski definition) is 3. The summed E-state index contributed by atoms with van der Waals surface area (Å²) in [7, 11) is 0. The fourth-order valence-electron chi connectivity index (χ4n) is 3.17. The quantitative estimate of drug-likeness (QED) is 0.826. The molecular formula is C17H21FN2OS. The van der Waals surface area contributed by atoms with E-state index in [2.05, 4.69) is 10.3 Å². The largest absolute Gasteiger partial charge is 0.326 e. The third kappa shape index (κ3) is 3.64. The van der Waals surface area contributed by atoms with Crippen LogP contribution in [0.25, 0.3) is 10.2 Å². The molecule has 0 spiro atoms. The highest BCUT2D eigenvalue weighted by Crippen LogP contribution is 2.31. The van der Waals surface area contributed by atoms with E-state index in [1.54, 1.807) is 16.8 Å². The van der Waals surface area contributed by atoms with Gasteiger partial charge in [0.15, 0.2) is 0 Å². The monoisotopic (exact) mass is 320 g/mol. The molecule has 3 nitrogen and oxygen atoms in total. The van der Waals surface area contributed by atoms with Crippen molar-refractivity contribution in [3.63, 3.8) is 0 Å². The Hall–Kier alpha value is -1.49. The highest BCUT2D eigenvalue weighted by molar-refractivity contribution is 7.16. The highest BCUT2D eigenvalue weighted by atomic mass is 32.1. The minimum absolute atomic E-state index is 0.0179. The number of thiazole rings is 1. The van der Waals surface area contributed by atoms with Crippen LogP contribution in [0.5, 0.6) is 0 Å². The summed E-state index contributed by atoms with van der Waals surface area (Å²) < 4.78 is 15.0. The molecule has 22 heavy (non-hydrogen) atoms. The van der Waals surface area contributed by atoms with E-state index in [0.717, 1.165) is 35.2 Å². The smallest absolute Gasteiger partial charge is 0.224 e. The van der Waals surface area contributed by atoms with Crippen molar-refractivity contribution in [1.29, 1.82) is 0 Å². The van der Waals surface area contributed by atoms with Gasteiger partial charge in [-0.2, -0.15) is 0 Å². The molecule has 3 unspecified atom stereocenters. The van der Waals surface area contributed by atoms with Gasteiger partial charge in [0.05, 0.1) is 15.7 Å². The van der Waals surface area contributed by atoms with Gasteiger partial charge in [0.25, 0.3) is 0 Å². The van der Waals surface area contributed by atoms with Crippen molar-refractivity contribution in [3.05, 3.63) is 23.7 Å². The van der Waals surface area contributed by atoms with E-state index in [4.69, 9.17) is 0 Å². The SMILES string of the molecule is CC1CCCC(CC(=O)Nc2ccc3ncsc3c2)CC1F. The molecular weight excluding hydrogens is 299 g/mol. The van der Waals surface area contributed by atoms with Crippen molar-refractivity contribution in [1.82, 2.24) is 4.98 Å². The highest BCUT2D eigenvalue weighted by Gasteiger charge is 2.26. The molecule has 3 rings (SSSR count). The van der Waals surface area contributed by atoms with Gasteiger partial charge in [-0.05, 0) is 49.3 Å². The Morgan fingerprint density at radius 2 is 2.32 bits per heavy atom. The average Bonchev–Trinajstić information content (AvgIpc) is 2.88. The molecule has 0 saturated heterocycles. The van der Waals surface area contributed by atoms with Crippen molar-refractivity contribution < 1.29 is 9.18 Å². The normalized spacial score (nSPS) is 25.8. The Morgan fingerprint density at radius 1 is 1.45 bits per heavy atom. The van der Waals surface area contributed by atoms with Crippen LogP contribution in [-0.4, -0.2) is 17.1 Å². The molecule has 1 amide bonds. The van der Waals surface area contributed by atoms with Crippen molar-refractivity contribution in [2.24, 2.45) is 11.8 Å². The van der Waals surface area contributed by atoms with Crippen LogP contribution in [0.1, 0.15) is 39.0 Å². The molecule has 1 fully saturated rings. The van der Waals surface area contributed by atoms with Gasteiger partial charge in [0.1, 0.15) is 6.17 Å². The third-order valence-electron chi connectivity index (χ3n) is 4.54. The van der Waals surface area contributed by atoms with Crippen LogP contribution >= 0.6 is 11.3 Å². The number of carbonyl (C=O) groups excluding carboxylic acids is 1.